The van der Waals surface area contributed by atoms with Crippen LogP contribution >= 0.6 is 11.8 Å². The molecule has 160 valence electrons. The molecule has 1 saturated heterocycles. The molecule has 0 unspecified atom stereocenters. The van der Waals surface area contributed by atoms with Crippen LogP contribution in [0.4, 0.5) is 5.69 Å². The summed E-state index contributed by atoms with van der Waals surface area (Å²) >= 11 is 1.51. The fraction of sp³-hybridized carbons (Fsp3) is 0.217. The van der Waals surface area contributed by atoms with Crippen molar-refractivity contribution in [2.45, 2.75) is 28.7 Å². The number of hydrogen-bond donors (Lipinski definition) is 1. The fourth-order valence-corrected chi connectivity index (χ4v) is 5.04. The van der Waals surface area contributed by atoms with Crippen LogP contribution in [0.25, 0.3) is 16.6 Å². The molecule has 0 bridgehead atoms. The Morgan fingerprint density at radius 2 is 2.00 bits per heavy atom. The van der Waals surface area contributed by atoms with Crippen LogP contribution in [-0.4, -0.2) is 43.8 Å². The number of nitrogen functional groups attached to an aromatic ring is 1. The van der Waals surface area contributed by atoms with Crippen LogP contribution in [-0.2, 0) is 4.79 Å². The van der Waals surface area contributed by atoms with Gasteiger partial charge in [0.2, 0.25) is 5.91 Å². The average Bonchev–Trinajstić information content (AvgIpc) is 3.44. The molecule has 0 spiro atoms. The van der Waals surface area contributed by atoms with Gasteiger partial charge in [0.15, 0.2) is 0 Å². The molecule has 4 aromatic rings. The van der Waals surface area contributed by atoms with E-state index in [1.807, 2.05) is 60.7 Å². The summed E-state index contributed by atoms with van der Waals surface area (Å²) in [4.78, 5) is 15.4. The lowest BCUT2D eigenvalue weighted by atomic mass is 10.1. The highest BCUT2D eigenvalue weighted by Gasteiger charge is 2.25. The number of nitrogens with two attached hydrogens (primary N) is 1. The predicted octanol–water partition coefficient (Wildman–Crippen LogP) is 3.60. The van der Waals surface area contributed by atoms with E-state index in [-0.39, 0.29) is 11.9 Å². The van der Waals surface area contributed by atoms with E-state index in [2.05, 4.69) is 16.3 Å². The summed E-state index contributed by atoms with van der Waals surface area (Å²) in [6.45, 7) is 0.651. The first-order valence-electron chi connectivity index (χ1n) is 10.3. The van der Waals surface area contributed by atoms with Crippen molar-refractivity contribution >= 4 is 28.9 Å². The van der Waals surface area contributed by atoms with E-state index in [0.29, 0.717) is 24.2 Å². The van der Waals surface area contributed by atoms with Crippen molar-refractivity contribution in [3.8, 4) is 17.2 Å². The van der Waals surface area contributed by atoms with Gasteiger partial charge >= 0.3 is 0 Å². The van der Waals surface area contributed by atoms with Crippen molar-refractivity contribution in [3.05, 3.63) is 60.7 Å². The molecule has 3 aromatic heterocycles. The second-order valence-electron chi connectivity index (χ2n) is 7.87. The van der Waals surface area contributed by atoms with Gasteiger partial charge in [0.05, 0.1) is 29.5 Å². The second-order valence-corrected chi connectivity index (χ2v) is 8.96. The number of amides is 1. The Kier molecular flexibility index (Phi) is 5.07. The van der Waals surface area contributed by atoms with E-state index in [1.54, 1.807) is 15.6 Å². The van der Waals surface area contributed by atoms with Crippen LogP contribution in [0.15, 0.2) is 64.9 Å². The third-order valence-corrected chi connectivity index (χ3v) is 6.87. The lowest BCUT2D eigenvalue weighted by Crippen LogP contribution is -2.38. The summed E-state index contributed by atoms with van der Waals surface area (Å²) in [5.41, 5.74) is 10.0. The molecule has 32 heavy (non-hydrogen) atoms. The van der Waals surface area contributed by atoms with Gasteiger partial charge in [-0.3, -0.25) is 9.48 Å². The number of carbonyl (C=O) groups is 1. The minimum atomic E-state index is 0.156. The number of carbonyl (C=O) groups excluding carboxylic acids is 1. The Hall–Kier alpha value is -3.77. The van der Waals surface area contributed by atoms with Gasteiger partial charge in [0.25, 0.3) is 0 Å². The largest absolute Gasteiger partial charge is 0.398 e. The van der Waals surface area contributed by atoms with E-state index in [1.165, 1.54) is 11.8 Å². The first kappa shape index (κ1) is 20.2. The van der Waals surface area contributed by atoms with Crippen LogP contribution in [0.2, 0.25) is 0 Å². The summed E-state index contributed by atoms with van der Waals surface area (Å²) in [5, 5.41) is 18.5. The van der Waals surface area contributed by atoms with Crippen molar-refractivity contribution < 1.29 is 4.79 Å². The number of likely N-dealkylation sites (N-methyl/N-ethyl adjacent to an activating group) is 1. The molecule has 0 aliphatic carbocycles. The van der Waals surface area contributed by atoms with Crippen molar-refractivity contribution in [1.82, 2.24) is 24.3 Å². The van der Waals surface area contributed by atoms with E-state index in [0.717, 1.165) is 32.9 Å². The van der Waals surface area contributed by atoms with E-state index in [4.69, 9.17) is 5.73 Å². The highest BCUT2D eigenvalue weighted by molar-refractivity contribution is 7.99. The molecule has 1 aromatic carbocycles. The molecule has 5 rings (SSSR count). The molecular weight excluding hydrogens is 422 g/mol. The molecule has 2 N–H and O–H groups in total. The Balaban J connectivity index is 1.54. The Morgan fingerprint density at radius 1 is 1.16 bits per heavy atom. The first-order chi connectivity index (χ1) is 15.5. The zero-order valence-corrected chi connectivity index (χ0v) is 18.3. The van der Waals surface area contributed by atoms with Crippen molar-refractivity contribution in [2.24, 2.45) is 0 Å². The number of anilines is 1. The van der Waals surface area contributed by atoms with E-state index >= 15 is 0 Å². The summed E-state index contributed by atoms with van der Waals surface area (Å²) in [7, 11) is 1.83. The van der Waals surface area contributed by atoms with Crippen molar-refractivity contribution in [3.63, 3.8) is 0 Å². The standard InChI is InChI=1S/C23H21N7OS/c1-28-14-18(6-7-22(28)31)29-13-17(11-26-29)15-8-21(32-20-5-3-2-4-19(20)25)23-16(9-24)10-27-30(23)12-15/h2-5,8,10-13,18H,6-7,14,25H2,1H3/t18-/m0/s1. The molecule has 1 amide bonds. The quantitative estimate of drug-likeness (QED) is 0.483. The molecule has 9 heteroatoms. The van der Waals surface area contributed by atoms with Crippen LogP contribution < -0.4 is 5.73 Å². The number of piperidine rings is 1. The lowest BCUT2D eigenvalue weighted by molar-refractivity contribution is -0.133. The molecule has 4 heterocycles. The van der Waals surface area contributed by atoms with Gasteiger partial charge in [-0.15, -0.1) is 0 Å². The zero-order chi connectivity index (χ0) is 22.2. The maximum absolute atomic E-state index is 11.8. The highest BCUT2D eigenvalue weighted by Crippen LogP contribution is 2.38. The van der Waals surface area contributed by atoms with Gasteiger partial charge in [0.1, 0.15) is 6.07 Å². The van der Waals surface area contributed by atoms with Gasteiger partial charge in [-0.2, -0.15) is 15.5 Å². The third-order valence-electron chi connectivity index (χ3n) is 5.75. The van der Waals surface area contributed by atoms with E-state index in [9.17, 15) is 10.1 Å². The number of fused-ring (bicyclic) bond motifs is 1. The number of likely N-dealkylation sites (tertiary alicyclic amines) is 1. The summed E-state index contributed by atoms with van der Waals surface area (Å²) in [6, 6.07) is 12.1. The number of aromatic nitrogens is 4. The lowest BCUT2D eigenvalue weighted by Gasteiger charge is -2.29. The maximum atomic E-state index is 11.8. The number of para-hydroxylation sites is 1. The van der Waals surface area contributed by atoms with Crippen LogP contribution in [0.5, 0.6) is 0 Å². The second kappa shape index (κ2) is 8.05. The van der Waals surface area contributed by atoms with Gasteiger partial charge in [-0.05, 0) is 24.6 Å². The normalized spacial score (nSPS) is 16.4. The first-order valence-corrected chi connectivity index (χ1v) is 11.1. The average molecular weight is 444 g/mol. The van der Waals surface area contributed by atoms with Gasteiger partial charge < -0.3 is 10.6 Å². The van der Waals surface area contributed by atoms with Crippen LogP contribution in [0, 0.1) is 11.3 Å². The minimum Gasteiger partial charge on any atom is -0.398 e. The summed E-state index contributed by atoms with van der Waals surface area (Å²) < 4.78 is 3.67. The maximum Gasteiger partial charge on any atom is 0.222 e. The Labute approximate surface area is 189 Å². The Bertz CT molecular complexity index is 1370. The molecular formula is C23H21N7OS. The summed E-state index contributed by atoms with van der Waals surface area (Å²) in [5.74, 6) is 0.174. The predicted molar refractivity (Wildman–Crippen MR) is 122 cm³/mol. The highest BCUT2D eigenvalue weighted by atomic mass is 32.2. The van der Waals surface area contributed by atoms with Crippen LogP contribution in [0.3, 0.4) is 0 Å². The zero-order valence-electron chi connectivity index (χ0n) is 17.5. The van der Waals surface area contributed by atoms with Gasteiger partial charge in [-0.1, -0.05) is 23.9 Å². The summed E-state index contributed by atoms with van der Waals surface area (Å²) in [6.07, 6.45) is 8.64. The number of benzene rings is 1. The molecule has 8 nitrogen and oxygen atoms in total. The number of hydrogen-bond acceptors (Lipinski definition) is 6. The monoisotopic (exact) mass is 443 g/mol. The Morgan fingerprint density at radius 3 is 2.78 bits per heavy atom. The molecule has 1 fully saturated rings. The molecule has 1 atom stereocenters. The van der Waals surface area contributed by atoms with Crippen LogP contribution in [0.1, 0.15) is 24.4 Å². The topological polar surface area (TPSA) is 105 Å². The van der Waals surface area contributed by atoms with Gasteiger partial charge in [-0.25, -0.2) is 4.52 Å². The van der Waals surface area contributed by atoms with Crippen molar-refractivity contribution in [2.75, 3.05) is 19.3 Å². The molecule has 0 saturated carbocycles. The third kappa shape index (κ3) is 3.59. The van der Waals surface area contributed by atoms with Crippen molar-refractivity contribution in [1.29, 1.82) is 5.26 Å². The number of nitriles is 1. The number of rotatable bonds is 4. The SMILES string of the molecule is CN1C[C@@H](n2cc(-c3cc(Sc4ccccc4N)c4c(C#N)cnn4c3)cn2)CCC1=O. The molecule has 1 aliphatic heterocycles. The van der Waals surface area contributed by atoms with Gasteiger partial charge in [0, 0.05) is 59.0 Å². The molecule has 0 radical (unpaired) electrons. The fourth-order valence-electron chi connectivity index (χ4n) is 3.99. The number of pyridine rings is 1. The minimum absolute atomic E-state index is 0.156. The van der Waals surface area contributed by atoms with E-state index < -0.39 is 0 Å². The smallest absolute Gasteiger partial charge is 0.222 e. The number of nitrogens with zero attached hydrogens (tertiary/aromatic N) is 6. The molecule has 1 aliphatic rings.